The molecule has 8 nitrogen and oxygen atoms in total. The van der Waals surface area contributed by atoms with Crippen LogP contribution in [-0.4, -0.2) is 47.2 Å². The molecular formula is C15H17ClN4O4. The fraction of sp³-hybridized carbons (Fsp3) is 0.467. The molecule has 128 valence electrons. The van der Waals surface area contributed by atoms with Crippen LogP contribution in [0.25, 0.3) is 0 Å². The second-order valence-corrected chi connectivity index (χ2v) is 6.05. The number of nitrogens with one attached hydrogen (secondary N) is 1. The minimum absolute atomic E-state index is 0.0493. The molecule has 2 aliphatic rings. The van der Waals surface area contributed by atoms with E-state index >= 15 is 0 Å². The molecule has 1 aromatic heterocycles. The second kappa shape index (κ2) is 6.74. The number of hydrogen-bond donors (Lipinski definition) is 1. The lowest BCUT2D eigenvalue weighted by atomic mass is 10.1. The van der Waals surface area contributed by atoms with Crippen LogP contribution in [0.2, 0.25) is 5.15 Å². The number of carbonyl (C=O) groups excluding carboxylic acids is 2. The highest BCUT2D eigenvalue weighted by molar-refractivity contribution is 6.29. The lowest BCUT2D eigenvalue weighted by Gasteiger charge is -2.43. The molecule has 1 aromatic rings. The van der Waals surface area contributed by atoms with Crippen molar-refractivity contribution < 1.29 is 19.1 Å². The molecular weight excluding hydrogens is 336 g/mol. The summed E-state index contributed by atoms with van der Waals surface area (Å²) in [7, 11) is 0. The van der Waals surface area contributed by atoms with Crippen molar-refractivity contribution in [2.24, 2.45) is 0 Å². The fourth-order valence-corrected chi connectivity index (χ4v) is 2.90. The summed E-state index contributed by atoms with van der Waals surface area (Å²) in [6, 6.07) is 3.18. The zero-order chi connectivity index (χ0) is 17.2. The summed E-state index contributed by atoms with van der Waals surface area (Å²) in [6.45, 7) is 3.16. The van der Waals surface area contributed by atoms with E-state index in [1.165, 1.54) is 0 Å². The third-order valence-electron chi connectivity index (χ3n) is 3.80. The fourth-order valence-electron chi connectivity index (χ4n) is 2.80. The first-order valence-corrected chi connectivity index (χ1v) is 8.01. The van der Waals surface area contributed by atoms with Crippen LogP contribution in [0.3, 0.4) is 0 Å². The minimum Gasteiger partial charge on any atom is -0.400 e. The van der Waals surface area contributed by atoms with Crippen molar-refractivity contribution in [1.29, 1.82) is 0 Å². The van der Waals surface area contributed by atoms with Crippen molar-refractivity contribution in [3.05, 3.63) is 29.4 Å². The minimum atomic E-state index is -1.59. The molecule has 9 heteroatoms. The number of ether oxygens (including phenoxy) is 2. The molecule has 24 heavy (non-hydrogen) atoms. The Morgan fingerprint density at radius 3 is 2.58 bits per heavy atom. The molecule has 0 amide bonds. The van der Waals surface area contributed by atoms with E-state index in [1.54, 1.807) is 17.0 Å². The van der Waals surface area contributed by atoms with Gasteiger partial charge in [-0.2, -0.15) is 0 Å². The predicted octanol–water partition coefficient (Wildman–Crippen LogP) is 1.02. The van der Waals surface area contributed by atoms with E-state index in [0.29, 0.717) is 12.4 Å². The van der Waals surface area contributed by atoms with E-state index in [2.05, 4.69) is 15.5 Å². The first kappa shape index (κ1) is 16.7. The highest BCUT2D eigenvalue weighted by atomic mass is 35.5. The zero-order valence-corrected chi connectivity index (χ0v) is 13.8. The molecule has 1 unspecified atom stereocenters. The Morgan fingerprint density at radius 1 is 1.25 bits per heavy atom. The largest absolute Gasteiger partial charge is 0.400 e. The molecule has 2 aliphatic heterocycles. The van der Waals surface area contributed by atoms with Gasteiger partial charge in [-0.3, -0.25) is 4.90 Å². The Balaban J connectivity index is 2.04. The van der Waals surface area contributed by atoms with E-state index in [-0.39, 0.29) is 17.6 Å². The molecule has 0 radical (unpaired) electrons. The Hall–Kier alpha value is -2.19. The maximum Gasteiger partial charge on any atom is 0.345 e. The topological polar surface area (TPSA) is 93.7 Å². The van der Waals surface area contributed by atoms with Gasteiger partial charge in [-0.05, 0) is 32.0 Å². The molecule has 0 bridgehead atoms. The normalized spacial score (nSPS) is 23.9. The maximum atomic E-state index is 12.0. The van der Waals surface area contributed by atoms with Crippen molar-refractivity contribution in [3.8, 4) is 0 Å². The molecule has 1 N–H and O–H groups in total. The Kier molecular flexibility index (Phi) is 4.68. The number of carbonyl (C=O) groups is 2. The first-order chi connectivity index (χ1) is 11.5. The van der Waals surface area contributed by atoms with Crippen LogP contribution in [-0.2, 0) is 19.1 Å². The number of halogens is 1. The second-order valence-electron chi connectivity index (χ2n) is 5.67. The smallest absolute Gasteiger partial charge is 0.345 e. The highest BCUT2D eigenvalue weighted by Crippen LogP contribution is 2.32. The average Bonchev–Trinajstić information content (AvgIpc) is 2.66. The van der Waals surface area contributed by atoms with Gasteiger partial charge in [0.05, 0.1) is 6.42 Å². The highest BCUT2D eigenvalue weighted by Gasteiger charge is 2.48. The van der Waals surface area contributed by atoms with Crippen LogP contribution in [0.15, 0.2) is 24.3 Å². The lowest BCUT2D eigenvalue weighted by Crippen LogP contribution is -2.59. The lowest BCUT2D eigenvalue weighted by molar-refractivity contribution is -0.225. The summed E-state index contributed by atoms with van der Waals surface area (Å²) >= 11 is 5.80. The first-order valence-electron chi connectivity index (χ1n) is 7.63. The summed E-state index contributed by atoms with van der Waals surface area (Å²) in [5.41, 5.74) is 0. The summed E-state index contributed by atoms with van der Waals surface area (Å²) in [5, 5.41) is 11.4. The number of rotatable bonds is 1. The van der Waals surface area contributed by atoms with Gasteiger partial charge >= 0.3 is 17.8 Å². The number of hydrogen-bond acceptors (Lipinski definition) is 8. The van der Waals surface area contributed by atoms with E-state index in [1.807, 2.05) is 6.92 Å². The van der Waals surface area contributed by atoms with Gasteiger partial charge in [0.15, 0.2) is 11.0 Å². The zero-order valence-electron chi connectivity index (χ0n) is 13.1. The van der Waals surface area contributed by atoms with E-state index in [4.69, 9.17) is 21.1 Å². The van der Waals surface area contributed by atoms with E-state index in [9.17, 15) is 9.59 Å². The molecule has 1 atom stereocenters. The van der Waals surface area contributed by atoms with Crippen molar-refractivity contribution >= 4 is 29.4 Å². The van der Waals surface area contributed by atoms with Gasteiger partial charge in [0.25, 0.3) is 0 Å². The average molecular weight is 353 g/mol. The summed E-state index contributed by atoms with van der Waals surface area (Å²) in [4.78, 5) is 25.6. The van der Waals surface area contributed by atoms with E-state index in [0.717, 1.165) is 25.1 Å². The van der Waals surface area contributed by atoms with Gasteiger partial charge in [0, 0.05) is 24.7 Å². The van der Waals surface area contributed by atoms with Crippen LogP contribution < -0.4 is 10.2 Å². The van der Waals surface area contributed by atoms with Crippen LogP contribution in [0.1, 0.15) is 19.8 Å². The molecule has 1 spiro atoms. The van der Waals surface area contributed by atoms with Crippen molar-refractivity contribution in [3.63, 3.8) is 0 Å². The number of esters is 2. The van der Waals surface area contributed by atoms with Crippen LogP contribution >= 0.6 is 11.6 Å². The molecule has 3 rings (SSSR count). The van der Waals surface area contributed by atoms with Crippen LogP contribution in [0, 0.1) is 0 Å². The third-order valence-corrected chi connectivity index (χ3v) is 4.00. The Labute approximate surface area is 143 Å². The van der Waals surface area contributed by atoms with Gasteiger partial charge in [-0.15, -0.1) is 10.2 Å². The van der Waals surface area contributed by atoms with Crippen molar-refractivity contribution in [2.75, 3.05) is 18.0 Å². The van der Waals surface area contributed by atoms with Crippen LogP contribution in [0.5, 0.6) is 0 Å². The van der Waals surface area contributed by atoms with E-state index < -0.39 is 17.8 Å². The van der Waals surface area contributed by atoms with Crippen molar-refractivity contribution in [1.82, 2.24) is 15.5 Å². The molecule has 3 heterocycles. The summed E-state index contributed by atoms with van der Waals surface area (Å²) in [5.74, 6) is -2.48. The Bertz CT molecular complexity index is 644. The summed E-state index contributed by atoms with van der Waals surface area (Å²) in [6.07, 6.45) is 3.09. The molecule has 0 aromatic carbocycles. The molecule has 1 fully saturated rings. The van der Waals surface area contributed by atoms with Gasteiger partial charge < -0.3 is 14.8 Å². The van der Waals surface area contributed by atoms with Gasteiger partial charge in [0.2, 0.25) is 0 Å². The van der Waals surface area contributed by atoms with Crippen molar-refractivity contribution in [2.45, 2.75) is 31.7 Å². The number of aromatic nitrogens is 2. The third kappa shape index (κ3) is 3.49. The van der Waals surface area contributed by atoms with Gasteiger partial charge in [-0.25, -0.2) is 9.59 Å². The SMILES string of the molecule is CC1CC2(OC(=O)C=CC(=O)O2)N(c2ccc(Cl)nn2)CCCN1. The molecule has 1 saturated heterocycles. The maximum absolute atomic E-state index is 12.0. The predicted molar refractivity (Wildman–Crippen MR) is 85.1 cm³/mol. The number of anilines is 1. The standard InChI is InChI=1S/C15H17ClN4O4/c1-10-9-15(23-13(21)5-6-14(22)24-15)20(8-2-7-17-10)12-4-3-11(16)18-19-12/h3-6,10,17H,2,7-9H2,1H3. The monoisotopic (exact) mass is 352 g/mol. The molecule has 0 saturated carbocycles. The summed E-state index contributed by atoms with van der Waals surface area (Å²) < 4.78 is 11.1. The van der Waals surface area contributed by atoms with Gasteiger partial charge in [0.1, 0.15) is 0 Å². The quantitative estimate of drug-likeness (QED) is 0.749. The number of nitrogens with zero attached hydrogens (tertiary/aromatic N) is 3. The van der Waals surface area contributed by atoms with Crippen LogP contribution in [0.4, 0.5) is 5.82 Å². The Morgan fingerprint density at radius 2 is 1.96 bits per heavy atom. The molecule has 0 aliphatic carbocycles. The van der Waals surface area contributed by atoms with Gasteiger partial charge in [-0.1, -0.05) is 11.6 Å².